The van der Waals surface area contributed by atoms with Crippen molar-refractivity contribution in [2.75, 3.05) is 21.3 Å². The lowest BCUT2D eigenvalue weighted by molar-refractivity contribution is -0.117. The van der Waals surface area contributed by atoms with Gasteiger partial charge in [0.1, 0.15) is 17.2 Å². The van der Waals surface area contributed by atoms with Crippen LogP contribution in [0.2, 0.25) is 0 Å². The molecular formula is C23H35NO6. The minimum absolute atomic E-state index is 0.0744. The first-order valence-electron chi connectivity index (χ1n) is 10.4. The molecule has 2 rings (SSSR count). The Bertz CT molecular complexity index is 753. The second kappa shape index (κ2) is 10.7. The third kappa shape index (κ3) is 5.89. The van der Waals surface area contributed by atoms with E-state index in [2.05, 4.69) is 5.32 Å². The van der Waals surface area contributed by atoms with E-state index in [0.717, 1.165) is 25.7 Å². The third-order valence-electron chi connectivity index (χ3n) is 5.86. The minimum Gasteiger partial charge on any atom is -0.507 e. The molecule has 1 aromatic carbocycles. The van der Waals surface area contributed by atoms with Crippen LogP contribution >= 0.6 is 0 Å². The highest BCUT2D eigenvalue weighted by atomic mass is 16.5. The van der Waals surface area contributed by atoms with Crippen LogP contribution in [0.3, 0.4) is 0 Å². The van der Waals surface area contributed by atoms with Crippen molar-refractivity contribution in [3.63, 3.8) is 0 Å². The van der Waals surface area contributed by atoms with Crippen LogP contribution in [0.25, 0.3) is 6.08 Å². The van der Waals surface area contributed by atoms with Gasteiger partial charge in [0.15, 0.2) is 0 Å². The van der Waals surface area contributed by atoms with Crippen molar-refractivity contribution in [1.82, 2.24) is 5.32 Å². The number of phenolic OH excluding ortho intramolecular Hbond substituents is 1. The van der Waals surface area contributed by atoms with Gasteiger partial charge in [-0.25, -0.2) is 0 Å². The topological polar surface area (TPSA) is 97.3 Å². The minimum atomic E-state index is -0.846. The van der Waals surface area contributed by atoms with Gasteiger partial charge in [-0.15, -0.1) is 0 Å². The number of benzene rings is 1. The number of aliphatic hydroxyl groups excluding tert-OH is 1. The van der Waals surface area contributed by atoms with E-state index in [9.17, 15) is 15.0 Å². The predicted molar refractivity (Wildman–Crippen MR) is 116 cm³/mol. The van der Waals surface area contributed by atoms with E-state index in [-0.39, 0.29) is 24.1 Å². The summed E-state index contributed by atoms with van der Waals surface area (Å²) in [7, 11) is 4.50. The smallest absolute Gasteiger partial charge is 0.244 e. The summed E-state index contributed by atoms with van der Waals surface area (Å²) < 4.78 is 16.3. The predicted octanol–water partition coefficient (Wildman–Crippen LogP) is 3.20. The third-order valence-corrected chi connectivity index (χ3v) is 5.86. The molecule has 30 heavy (non-hydrogen) atoms. The number of hydrogen-bond donors (Lipinski definition) is 3. The van der Waals surface area contributed by atoms with Gasteiger partial charge < -0.3 is 29.7 Å². The first-order chi connectivity index (χ1) is 14.2. The number of nitrogens with one attached hydrogen (secondary N) is 1. The highest BCUT2D eigenvalue weighted by molar-refractivity contribution is 5.93. The Labute approximate surface area is 179 Å². The van der Waals surface area contributed by atoms with Crippen molar-refractivity contribution in [3.05, 3.63) is 23.3 Å². The molecule has 1 aliphatic carbocycles. The van der Waals surface area contributed by atoms with Crippen LogP contribution in [-0.2, 0) is 16.0 Å². The molecule has 0 radical (unpaired) electrons. The summed E-state index contributed by atoms with van der Waals surface area (Å²) in [5.41, 5.74) is 0.154. The van der Waals surface area contributed by atoms with Crippen molar-refractivity contribution in [3.8, 4) is 17.2 Å². The summed E-state index contributed by atoms with van der Waals surface area (Å²) in [5.74, 6) is 0.453. The highest BCUT2D eigenvalue weighted by Gasteiger charge is 2.30. The van der Waals surface area contributed by atoms with Gasteiger partial charge >= 0.3 is 0 Å². The fourth-order valence-electron chi connectivity index (χ4n) is 3.68. The first kappa shape index (κ1) is 24.0. The molecule has 0 spiro atoms. The summed E-state index contributed by atoms with van der Waals surface area (Å²) in [5, 5.41) is 24.2. The maximum absolute atomic E-state index is 12.4. The quantitative estimate of drug-likeness (QED) is 0.530. The summed E-state index contributed by atoms with van der Waals surface area (Å²) in [6.07, 6.45) is 7.73. The normalized spacial score (nSPS) is 16.5. The summed E-state index contributed by atoms with van der Waals surface area (Å²) >= 11 is 0. The number of aromatic hydroxyl groups is 1. The summed E-state index contributed by atoms with van der Waals surface area (Å²) in [6, 6.07) is 1.66. The number of methoxy groups -OCH3 is 3. The molecule has 7 nitrogen and oxygen atoms in total. The lowest BCUT2D eigenvalue weighted by Crippen LogP contribution is -2.39. The number of carbonyl (C=O) groups excluding carboxylic acids is 1. The Balaban J connectivity index is 2.31. The number of phenols is 1. The zero-order chi connectivity index (χ0) is 22.3. The monoisotopic (exact) mass is 421 g/mol. The summed E-state index contributed by atoms with van der Waals surface area (Å²) in [4.78, 5) is 12.4. The number of aliphatic hydroxyl groups is 1. The molecule has 168 valence electrons. The largest absolute Gasteiger partial charge is 0.507 e. The molecule has 0 aromatic heterocycles. The molecule has 0 heterocycles. The van der Waals surface area contributed by atoms with Gasteiger partial charge in [0.2, 0.25) is 5.91 Å². The molecule has 0 aliphatic heterocycles. The van der Waals surface area contributed by atoms with Crippen LogP contribution in [0.4, 0.5) is 0 Å². The number of carbonyl (C=O) groups is 1. The molecule has 1 fully saturated rings. The number of ether oxygens (including phenoxy) is 3. The number of amides is 1. The second-order valence-electron chi connectivity index (χ2n) is 8.23. The molecule has 0 bridgehead atoms. The van der Waals surface area contributed by atoms with Crippen LogP contribution in [0.15, 0.2) is 12.1 Å². The molecule has 1 amide bonds. The maximum Gasteiger partial charge on any atom is 0.244 e. The van der Waals surface area contributed by atoms with Gasteiger partial charge in [0.05, 0.1) is 31.5 Å². The fraction of sp³-hybridized carbons (Fsp3) is 0.609. The van der Waals surface area contributed by atoms with Gasteiger partial charge in [0.25, 0.3) is 0 Å². The molecule has 1 aliphatic rings. The second-order valence-corrected chi connectivity index (χ2v) is 8.23. The van der Waals surface area contributed by atoms with Crippen molar-refractivity contribution < 1.29 is 29.2 Å². The average molecular weight is 422 g/mol. The molecular weight excluding hydrogens is 386 g/mol. The van der Waals surface area contributed by atoms with Crippen molar-refractivity contribution in [1.29, 1.82) is 0 Å². The summed E-state index contributed by atoms with van der Waals surface area (Å²) in [6.45, 7) is 3.57. The Morgan fingerprint density at radius 3 is 2.47 bits per heavy atom. The number of hydrogen-bond acceptors (Lipinski definition) is 6. The number of rotatable bonds is 9. The van der Waals surface area contributed by atoms with Crippen LogP contribution in [0, 0.1) is 0 Å². The lowest BCUT2D eigenvalue weighted by Gasteiger charge is -2.30. The Kier molecular flexibility index (Phi) is 8.55. The zero-order valence-corrected chi connectivity index (χ0v) is 18.7. The van der Waals surface area contributed by atoms with Gasteiger partial charge in [-0.3, -0.25) is 4.79 Å². The van der Waals surface area contributed by atoms with E-state index in [0.29, 0.717) is 22.6 Å². The van der Waals surface area contributed by atoms with Crippen molar-refractivity contribution in [2.45, 2.75) is 70.1 Å². The van der Waals surface area contributed by atoms with E-state index in [1.807, 2.05) is 0 Å². The highest BCUT2D eigenvalue weighted by Crippen LogP contribution is 2.41. The first-order valence-corrected chi connectivity index (χ1v) is 10.4. The molecule has 0 saturated heterocycles. The molecule has 3 N–H and O–H groups in total. The van der Waals surface area contributed by atoms with E-state index in [1.54, 1.807) is 13.8 Å². The van der Waals surface area contributed by atoms with Gasteiger partial charge in [0, 0.05) is 37.3 Å². The Hall–Kier alpha value is -2.25. The SMILES string of the molecule is COc1cc(O)c(/C=C/C(=O)NC2CCCCC2)c(OC)c1C[C@@H](O)C(C)(C)OC. The van der Waals surface area contributed by atoms with Crippen molar-refractivity contribution in [2.24, 2.45) is 0 Å². The van der Waals surface area contributed by atoms with E-state index in [4.69, 9.17) is 14.2 Å². The lowest BCUT2D eigenvalue weighted by atomic mass is 9.92. The Morgan fingerprint density at radius 2 is 1.90 bits per heavy atom. The van der Waals surface area contributed by atoms with Crippen molar-refractivity contribution >= 4 is 12.0 Å². The van der Waals surface area contributed by atoms with Crippen LogP contribution in [0.5, 0.6) is 17.2 Å². The van der Waals surface area contributed by atoms with Crippen LogP contribution < -0.4 is 14.8 Å². The standard InChI is InChI=1S/C23H35NO6/c1-23(2,30-5)20(26)13-17-19(28-3)14-18(25)16(22(17)29-4)11-12-21(27)24-15-9-7-6-8-10-15/h11-12,14-15,20,25-26H,6-10,13H2,1-5H3,(H,24,27)/b12-11+/t20-/m1/s1. The Morgan fingerprint density at radius 1 is 1.23 bits per heavy atom. The van der Waals surface area contributed by atoms with Gasteiger partial charge in [-0.2, -0.15) is 0 Å². The molecule has 1 atom stereocenters. The maximum atomic E-state index is 12.4. The van der Waals surface area contributed by atoms with Crippen LogP contribution in [0.1, 0.15) is 57.1 Å². The van der Waals surface area contributed by atoms with Crippen LogP contribution in [-0.4, -0.2) is 55.2 Å². The molecule has 1 saturated carbocycles. The van der Waals surface area contributed by atoms with E-state index >= 15 is 0 Å². The molecule has 7 heteroatoms. The fourth-order valence-corrected chi connectivity index (χ4v) is 3.68. The average Bonchev–Trinajstić information content (AvgIpc) is 2.73. The zero-order valence-electron chi connectivity index (χ0n) is 18.7. The van der Waals surface area contributed by atoms with Gasteiger partial charge in [-0.05, 0) is 32.8 Å². The van der Waals surface area contributed by atoms with E-state index in [1.165, 1.54) is 46.0 Å². The van der Waals surface area contributed by atoms with Gasteiger partial charge in [-0.1, -0.05) is 19.3 Å². The molecule has 0 unspecified atom stereocenters. The van der Waals surface area contributed by atoms with E-state index < -0.39 is 11.7 Å². The molecule has 1 aromatic rings.